The van der Waals surface area contributed by atoms with E-state index in [1.54, 1.807) is 0 Å². The van der Waals surface area contributed by atoms with Gasteiger partial charge in [0.25, 0.3) is 0 Å². The third-order valence-electron chi connectivity index (χ3n) is 2.87. The smallest absolute Gasteiger partial charge is 0.326 e. The molecule has 3 amide bonds. The van der Waals surface area contributed by atoms with Crippen molar-refractivity contribution in [1.29, 1.82) is 0 Å². The van der Waals surface area contributed by atoms with Crippen molar-refractivity contribution in [2.75, 3.05) is 26.8 Å². The highest BCUT2D eigenvalue weighted by atomic mass is 16.5. The number of aliphatic carboxylic acids is 1. The van der Waals surface area contributed by atoms with Crippen molar-refractivity contribution < 1.29 is 24.2 Å². The molecule has 1 unspecified atom stereocenters. The molecule has 20 heavy (non-hydrogen) atoms. The molecular formula is C12H21N3O5. The third-order valence-corrected chi connectivity index (χ3v) is 2.87. The van der Waals surface area contributed by atoms with Crippen LogP contribution in [0.15, 0.2) is 0 Å². The van der Waals surface area contributed by atoms with Gasteiger partial charge in [0.2, 0.25) is 5.91 Å². The number of urea groups is 1. The number of hydrogen-bond donors (Lipinski definition) is 4. The summed E-state index contributed by atoms with van der Waals surface area (Å²) in [5.74, 6) is -0.968. The van der Waals surface area contributed by atoms with Gasteiger partial charge >= 0.3 is 12.0 Å². The molecule has 1 rings (SSSR count). The number of carbonyl (C=O) groups excluding carboxylic acids is 2. The molecule has 0 aromatic heterocycles. The second kappa shape index (κ2) is 8.36. The molecule has 0 saturated heterocycles. The normalized spacial score (nSPS) is 15.2. The van der Waals surface area contributed by atoms with Gasteiger partial charge in [0.05, 0.1) is 0 Å². The summed E-state index contributed by atoms with van der Waals surface area (Å²) in [6, 6.07) is -1.56. The number of carboxylic acids is 1. The lowest BCUT2D eigenvalue weighted by Crippen LogP contribution is -2.48. The molecule has 8 nitrogen and oxygen atoms in total. The van der Waals surface area contributed by atoms with Crippen LogP contribution in [0.25, 0.3) is 0 Å². The molecule has 0 radical (unpaired) electrons. The number of amides is 3. The highest BCUT2D eigenvalue weighted by Crippen LogP contribution is 2.28. The Labute approximate surface area is 117 Å². The molecular weight excluding hydrogens is 266 g/mol. The minimum Gasteiger partial charge on any atom is -0.480 e. The summed E-state index contributed by atoms with van der Waals surface area (Å²) in [5.41, 5.74) is 0. The average Bonchev–Trinajstić information content (AvgIpc) is 3.23. The summed E-state index contributed by atoms with van der Waals surface area (Å²) >= 11 is 0. The van der Waals surface area contributed by atoms with Crippen LogP contribution in [0.1, 0.15) is 19.3 Å². The van der Waals surface area contributed by atoms with Crippen LogP contribution in [-0.4, -0.2) is 55.9 Å². The summed E-state index contributed by atoms with van der Waals surface area (Å²) in [6.45, 7) is 0.828. The molecule has 0 aromatic carbocycles. The number of rotatable bonds is 9. The first-order valence-electron chi connectivity index (χ1n) is 6.58. The lowest BCUT2D eigenvalue weighted by Gasteiger charge is -2.14. The zero-order chi connectivity index (χ0) is 15.0. The van der Waals surface area contributed by atoms with Crippen molar-refractivity contribution in [2.45, 2.75) is 25.3 Å². The molecule has 4 N–H and O–H groups in total. The van der Waals surface area contributed by atoms with E-state index in [-0.39, 0.29) is 31.4 Å². The van der Waals surface area contributed by atoms with E-state index in [1.807, 2.05) is 0 Å². The Hall–Kier alpha value is -1.83. The van der Waals surface area contributed by atoms with E-state index in [9.17, 15) is 14.4 Å². The van der Waals surface area contributed by atoms with Gasteiger partial charge in [-0.15, -0.1) is 0 Å². The predicted octanol–water partition coefficient (Wildman–Crippen LogP) is -0.698. The van der Waals surface area contributed by atoms with E-state index in [4.69, 9.17) is 9.84 Å². The van der Waals surface area contributed by atoms with Gasteiger partial charge in [-0.05, 0) is 12.8 Å². The van der Waals surface area contributed by atoms with E-state index in [2.05, 4.69) is 16.0 Å². The Morgan fingerprint density at radius 3 is 2.45 bits per heavy atom. The Balaban J connectivity index is 2.13. The van der Waals surface area contributed by atoms with Gasteiger partial charge in [0.1, 0.15) is 6.04 Å². The minimum atomic E-state index is -1.11. The lowest BCUT2D eigenvalue weighted by atomic mass is 10.2. The topological polar surface area (TPSA) is 117 Å². The van der Waals surface area contributed by atoms with Crippen LogP contribution in [0.3, 0.4) is 0 Å². The molecule has 1 aliphatic carbocycles. The third kappa shape index (κ3) is 6.37. The van der Waals surface area contributed by atoms with Gasteiger partial charge in [0, 0.05) is 39.1 Å². The van der Waals surface area contributed by atoms with Crippen LogP contribution >= 0.6 is 0 Å². The lowest BCUT2D eigenvalue weighted by molar-refractivity contribution is -0.139. The number of nitrogens with one attached hydrogen (secondary N) is 3. The van der Waals surface area contributed by atoms with Crippen molar-refractivity contribution in [3.63, 3.8) is 0 Å². The Kier molecular flexibility index (Phi) is 6.78. The van der Waals surface area contributed by atoms with Crippen LogP contribution in [0.5, 0.6) is 0 Å². The first-order valence-corrected chi connectivity index (χ1v) is 6.58. The maximum absolute atomic E-state index is 11.5. The molecule has 1 saturated carbocycles. The largest absolute Gasteiger partial charge is 0.480 e. The maximum atomic E-state index is 11.5. The molecule has 0 aliphatic heterocycles. The van der Waals surface area contributed by atoms with Crippen LogP contribution in [0.4, 0.5) is 4.79 Å². The van der Waals surface area contributed by atoms with Crippen molar-refractivity contribution in [3.8, 4) is 0 Å². The standard InChI is InChI=1S/C12H21N3O5/c1-20-7-4-9(11(17)18)15-12(19)14-6-5-13-10(16)8-2-3-8/h8-9H,2-7H2,1H3,(H,13,16)(H,17,18)(H2,14,15,19). The zero-order valence-electron chi connectivity index (χ0n) is 11.5. The van der Waals surface area contributed by atoms with Crippen molar-refractivity contribution in [1.82, 2.24) is 16.0 Å². The number of ether oxygens (including phenoxy) is 1. The quantitative estimate of drug-likeness (QED) is 0.418. The Morgan fingerprint density at radius 2 is 1.90 bits per heavy atom. The Bertz CT molecular complexity index is 357. The van der Waals surface area contributed by atoms with Crippen LogP contribution in [0.2, 0.25) is 0 Å². The fourth-order valence-corrected chi connectivity index (χ4v) is 1.55. The molecule has 0 heterocycles. The van der Waals surface area contributed by atoms with Crippen LogP contribution < -0.4 is 16.0 Å². The second-order valence-electron chi connectivity index (χ2n) is 4.64. The van der Waals surface area contributed by atoms with Gasteiger partial charge in [0.15, 0.2) is 0 Å². The van der Waals surface area contributed by atoms with E-state index in [1.165, 1.54) is 7.11 Å². The fourth-order valence-electron chi connectivity index (χ4n) is 1.55. The van der Waals surface area contributed by atoms with Gasteiger partial charge in [-0.25, -0.2) is 9.59 Å². The Morgan fingerprint density at radius 1 is 1.25 bits per heavy atom. The maximum Gasteiger partial charge on any atom is 0.326 e. The van der Waals surface area contributed by atoms with Crippen LogP contribution in [0, 0.1) is 5.92 Å². The van der Waals surface area contributed by atoms with Gasteiger partial charge in [-0.3, -0.25) is 4.79 Å². The zero-order valence-corrected chi connectivity index (χ0v) is 11.5. The molecule has 114 valence electrons. The van der Waals surface area contributed by atoms with Crippen molar-refractivity contribution in [3.05, 3.63) is 0 Å². The second-order valence-corrected chi connectivity index (χ2v) is 4.64. The summed E-state index contributed by atoms with van der Waals surface area (Å²) in [6.07, 6.45) is 2.05. The number of carboxylic acid groups (broad SMARTS) is 1. The van der Waals surface area contributed by atoms with Crippen LogP contribution in [-0.2, 0) is 14.3 Å². The average molecular weight is 287 g/mol. The number of hydrogen-bond acceptors (Lipinski definition) is 4. The van der Waals surface area contributed by atoms with E-state index < -0.39 is 18.0 Å². The number of methoxy groups -OCH3 is 1. The first kappa shape index (κ1) is 16.2. The van der Waals surface area contributed by atoms with Gasteiger partial charge in [-0.1, -0.05) is 0 Å². The molecule has 8 heteroatoms. The van der Waals surface area contributed by atoms with E-state index in [0.717, 1.165) is 12.8 Å². The predicted molar refractivity (Wildman–Crippen MR) is 70.2 cm³/mol. The molecule has 0 spiro atoms. The fraction of sp³-hybridized carbons (Fsp3) is 0.750. The van der Waals surface area contributed by atoms with E-state index >= 15 is 0 Å². The molecule has 1 fully saturated rings. The summed E-state index contributed by atoms with van der Waals surface area (Å²) in [7, 11) is 1.46. The monoisotopic (exact) mass is 287 g/mol. The SMILES string of the molecule is COCCC(NC(=O)NCCNC(=O)C1CC1)C(=O)O. The highest BCUT2D eigenvalue weighted by molar-refractivity contribution is 5.82. The highest BCUT2D eigenvalue weighted by Gasteiger charge is 2.29. The first-order chi connectivity index (χ1) is 9.54. The minimum absolute atomic E-state index is 0.00992. The molecule has 1 atom stereocenters. The van der Waals surface area contributed by atoms with Crippen molar-refractivity contribution in [2.24, 2.45) is 5.92 Å². The molecule has 1 aliphatic rings. The van der Waals surface area contributed by atoms with Gasteiger partial charge < -0.3 is 25.8 Å². The van der Waals surface area contributed by atoms with Crippen molar-refractivity contribution >= 4 is 17.9 Å². The summed E-state index contributed by atoms with van der Waals surface area (Å²) in [5, 5.41) is 16.4. The summed E-state index contributed by atoms with van der Waals surface area (Å²) < 4.78 is 4.77. The molecule has 0 aromatic rings. The van der Waals surface area contributed by atoms with E-state index in [0.29, 0.717) is 6.54 Å². The van der Waals surface area contributed by atoms with Gasteiger partial charge in [-0.2, -0.15) is 0 Å². The summed E-state index contributed by atoms with van der Waals surface area (Å²) in [4.78, 5) is 33.7. The molecule has 0 bridgehead atoms. The number of carbonyl (C=O) groups is 3.